The number of halogens is 1. The van der Waals surface area contributed by atoms with Crippen molar-refractivity contribution in [1.29, 1.82) is 0 Å². The Bertz CT molecular complexity index is 270. The van der Waals surface area contributed by atoms with Crippen molar-refractivity contribution in [3.63, 3.8) is 0 Å². The molecule has 0 aliphatic heterocycles. The molecular weight excluding hydrogens is 234 g/mol. The second-order valence-corrected chi connectivity index (χ2v) is 7.28. The first-order valence-electron chi connectivity index (χ1n) is 5.22. The average molecular weight is 256 g/mol. The van der Waals surface area contributed by atoms with E-state index in [2.05, 4.69) is 25.5 Å². The second kappa shape index (κ2) is 6.06. The molecule has 0 heterocycles. The van der Waals surface area contributed by atoms with Crippen LogP contribution in [0.25, 0.3) is 0 Å². The van der Waals surface area contributed by atoms with Gasteiger partial charge in [-0.1, -0.05) is 27.7 Å². The van der Waals surface area contributed by atoms with Gasteiger partial charge in [-0.2, -0.15) is 0 Å². The SMILES string of the molecule is CC(CNS(=O)(=O)CCCCl)C(C)(C)C. The third kappa shape index (κ3) is 7.14. The number of sulfonamides is 1. The Kier molecular flexibility index (Phi) is 6.14. The molecule has 5 heteroatoms. The largest absolute Gasteiger partial charge is 0.215 e. The summed E-state index contributed by atoms with van der Waals surface area (Å²) in [6.07, 6.45) is 0.501. The predicted molar refractivity (Wildman–Crippen MR) is 65.7 cm³/mol. The van der Waals surface area contributed by atoms with E-state index in [1.165, 1.54) is 0 Å². The Morgan fingerprint density at radius 1 is 1.33 bits per heavy atom. The fourth-order valence-electron chi connectivity index (χ4n) is 0.875. The highest BCUT2D eigenvalue weighted by atomic mass is 35.5. The summed E-state index contributed by atoms with van der Waals surface area (Å²) in [6.45, 7) is 8.85. The van der Waals surface area contributed by atoms with Gasteiger partial charge in [-0.25, -0.2) is 13.1 Å². The van der Waals surface area contributed by atoms with Crippen molar-refractivity contribution in [2.45, 2.75) is 34.1 Å². The number of nitrogens with one attached hydrogen (secondary N) is 1. The molecule has 0 aromatic carbocycles. The highest BCUT2D eigenvalue weighted by molar-refractivity contribution is 7.89. The normalized spacial score (nSPS) is 15.3. The van der Waals surface area contributed by atoms with Crippen LogP contribution in [0.4, 0.5) is 0 Å². The van der Waals surface area contributed by atoms with Gasteiger partial charge in [0.1, 0.15) is 0 Å². The van der Waals surface area contributed by atoms with Crippen molar-refractivity contribution in [2.24, 2.45) is 11.3 Å². The summed E-state index contributed by atoms with van der Waals surface area (Å²) < 4.78 is 25.5. The smallest absolute Gasteiger partial charge is 0.211 e. The summed E-state index contributed by atoms with van der Waals surface area (Å²) in [7, 11) is -3.13. The molecule has 0 rings (SSSR count). The number of hydrogen-bond acceptors (Lipinski definition) is 2. The van der Waals surface area contributed by atoms with Crippen molar-refractivity contribution in [3.8, 4) is 0 Å². The third-order valence-electron chi connectivity index (χ3n) is 2.63. The molecule has 0 aliphatic rings. The van der Waals surface area contributed by atoms with E-state index in [9.17, 15) is 8.42 Å². The Hall–Kier alpha value is 0.200. The Labute approximate surface area is 98.6 Å². The van der Waals surface area contributed by atoms with Crippen molar-refractivity contribution in [2.75, 3.05) is 18.2 Å². The molecule has 0 aromatic rings. The molecule has 0 bridgehead atoms. The molecule has 0 saturated heterocycles. The molecule has 1 atom stereocenters. The summed E-state index contributed by atoms with van der Waals surface area (Å²) in [5, 5.41) is 0. The molecule has 15 heavy (non-hydrogen) atoms. The molecule has 0 saturated carbocycles. The van der Waals surface area contributed by atoms with Crippen LogP contribution in [0.15, 0.2) is 0 Å². The van der Waals surface area contributed by atoms with E-state index in [1.807, 2.05) is 6.92 Å². The lowest BCUT2D eigenvalue weighted by Crippen LogP contribution is -2.35. The van der Waals surface area contributed by atoms with Gasteiger partial charge in [0.15, 0.2) is 0 Å². The molecule has 1 unspecified atom stereocenters. The summed E-state index contributed by atoms with van der Waals surface area (Å²) in [5.41, 5.74) is 0.120. The zero-order valence-electron chi connectivity index (χ0n) is 10.0. The zero-order valence-corrected chi connectivity index (χ0v) is 11.6. The third-order valence-corrected chi connectivity index (χ3v) is 4.33. The molecule has 0 aliphatic carbocycles. The van der Waals surface area contributed by atoms with E-state index < -0.39 is 10.0 Å². The van der Waals surface area contributed by atoms with Crippen LogP contribution in [0.5, 0.6) is 0 Å². The summed E-state index contributed by atoms with van der Waals surface area (Å²) in [5.74, 6) is 0.812. The minimum atomic E-state index is -3.13. The lowest BCUT2D eigenvalue weighted by Gasteiger charge is -2.27. The fraction of sp³-hybridized carbons (Fsp3) is 1.00. The number of rotatable bonds is 6. The van der Waals surface area contributed by atoms with Crippen LogP contribution >= 0.6 is 11.6 Å². The average Bonchev–Trinajstić information content (AvgIpc) is 2.09. The highest BCUT2D eigenvalue weighted by Gasteiger charge is 2.21. The van der Waals surface area contributed by atoms with Crippen LogP contribution in [0.2, 0.25) is 0 Å². The predicted octanol–water partition coefficient (Wildman–Crippen LogP) is 2.22. The van der Waals surface area contributed by atoms with Gasteiger partial charge < -0.3 is 0 Å². The maximum atomic E-state index is 11.5. The first-order chi connectivity index (χ1) is 6.69. The first kappa shape index (κ1) is 15.2. The fourth-order valence-corrected chi connectivity index (χ4v) is 2.34. The topological polar surface area (TPSA) is 46.2 Å². The molecule has 0 aromatic heterocycles. The van der Waals surface area contributed by atoms with E-state index in [0.29, 0.717) is 24.8 Å². The first-order valence-corrected chi connectivity index (χ1v) is 7.41. The molecule has 92 valence electrons. The van der Waals surface area contributed by atoms with Gasteiger partial charge in [0.25, 0.3) is 0 Å². The lowest BCUT2D eigenvalue weighted by molar-refractivity contribution is 0.263. The molecule has 0 fully saturated rings. The van der Waals surface area contributed by atoms with Gasteiger partial charge in [0.05, 0.1) is 5.75 Å². The zero-order chi connectivity index (χ0) is 12.1. The van der Waals surface area contributed by atoms with Gasteiger partial charge in [0.2, 0.25) is 10.0 Å². The van der Waals surface area contributed by atoms with Crippen LogP contribution < -0.4 is 4.72 Å². The van der Waals surface area contributed by atoms with E-state index in [0.717, 1.165) is 0 Å². The van der Waals surface area contributed by atoms with Gasteiger partial charge in [-0.3, -0.25) is 0 Å². The lowest BCUT2D eigenvalue weighted by atomic mass is 9.82. The number of hydrogen-bond donors (Lipinski definition) is 1. The van der Waals surface area contributed by atoms with Crippen molar-refractivity contribution in [3.05, 3.63) is 0 Å². The van der Waals surface area contributed by atoms with Crippen LogP contribution in [-0.4, -0.2) is 26.6 Å². The van der Waals surface area contributed by atoms with Crippen LogP contribution in [0.1, 0.15) is 34.1 Å². The van der Waals surface area contributed by atoms with E-state index in [1.54, 1.807) is 0 Å². The van der Waals surface area contributed by atoms with Crippen molar-refractivity contribution in [1.82, 2.24) is 4.72 Å². The van der Waals surface area contributed by atoms with Crippen LogP contribution in [0, 0.1) is 11.3 Å². The quantitative estimate of drug-likeness (QED) is 0.740. The molecule has 0 amide bonds. The summed E-state index contributed by atoms with van der Waals surface area (Å²) in [6, 6.07) is 0. The van der Waals surface area contributed by atoms with E-state index in [-0.39, 0.29) is 11.2 Å². The summed E-state index contributed by atoms with van der Waals surface area (Å²) >= 11 is 5.45. The highest BCUT2D eigenvalue weighted by Crippen LogP contribution is 2.24. The monoisotopic (exact) mass is 255 g/mol. The molecule has 1 N–H and O–H groups in total. The molecule has 0 radical (unpaired) electrons. The minimum absolute atomic E-state index is 0.118. The van der Waals surface area contributed by atoms with Gasteiger partial charge in [-0.15, -0.1) is 11.6 Å². The Balaban J connectivity index is 4.05. The maximum Gasteiger partial charge on any atom is 0.211 e. The number of alkyl halides is 1. The second-order valence-electron chi connectivity index (χ2n) is 4.98. The summed E-state index contributed by atoms with van der Waals surface area (Å²) in [4.78, 5) is 0. The Morgan fingerprint density at radius 3 is 2.27 bits per heavy atom. The van der Waals surface area contributed by atoms with Crippen molar-refractivity contribution >= 4 is 21.6 Å². The van der Waals surface area contributed by atoms with Gasteiger partial charge in [-0.05, 0) is 17.8 Å². The van der Waals surface area contributed by atoms with Gasteiger partial charge >= 0.3 is 0 Å². The molecule has 0 spiro atoms. The minimum Gasteiger partial charge on any atom is -0.215 e. The van der Waals surface area contributed by atoms with Crippen LogP contribution in [0.3, 0.4) is 0 Å². The van der Waals surface area contributed by atoms with E-state index >= 15 is 0 Å². The van der Waals surface area contributed by atoms with Crippen LogP contribution in [-0.2, 0) is 10.0 Å². The Morgan fingerprint density at radius 2 is 1.87 bits per heavy atom. The van der Waals surface area contributed by atoms with E-state index in [4.69, 9.17) is 11.6 Å². The molecular formula is C10H22ClNO2S. The van der Waals surface area contributed by atoms with Crippen molar-refractivity contribution < 1.29 is 8.42 Å². The maximum absolute atomic E-state index is 11.5. The molecule has 3 nitrogen and oxygen atoms in total. The standard InChI is InChI=1S/C10H22ClNO2S/c1-9(10(2,3)4)8-12-15(13,14)7-5-6-11/h9,12H,5-8H2,1-4H3. The van der Waals surface area contributed by atoms with Gasteiger partial charge in [0, 0.05) is 12.4 Å².